The molecule has 6 nitrogen and oxygen atoms in total. The molecule has 0 unspecified atom stereocenters. The summed E-state index contributed by atoms with van der Waals surface area (Å²) in [5, 5.41) is 1.39. The molecular weight excluding hydrogens is 378 g/mol. The molecule has 2 aromatic carbocycles. The quantitative estimate of drug-likeness (QED) is 0.421. The van der Waals surface area contributed by atoms with E-state index in [9.17, 15) is 4.79 Å². The van der Waals surface area contributed by atoms with Crippen molar-refractivity contribution in [2.75, 3.05) is 68.6 Å². The van der Waals surface area contributed by atoms with Crippen molar-refractivity contribution in [2.24, 2.45) is 7.05 Å². The van der Waals surface area contributed by atoms with Gasteiger partial charge < -0.3 is 23.0 Å². The molecule has 0 aliphatic carbocycles. The van der Waals surface area contributed by atoms with Crippen molar-refractivity contribution in [2.45, 2.75) is 0 Å². The Hall–Kier alpha value is -2.57. The van der Waals surface area contributed by atoms with Crippen LogP contribution in [0.5, 0.6) is 11.5 Å². The van der Waals surface area contributed by atoms with Gasteiger partial charge in [0.15, 0.2) is 5.43 Å². The summed E-state index contributed by atoms with van der Waals surface area (Å²) in [4.78, 5) is 13.1. The Morgan fingerprint density at radius 1 is 0.733 bits per heavy atom. The summed E-state index contributed by atoms with van der Waals surface area (Å²) < 4.78 is 15.6. The Balaban J connectivity index is 1.93. The van der Waals surface area contributed by atoms with Gasteiger partial charge in [-0.3, -0.25) is 4.79 Å². The number of rotatable bonds is 8. The van der Waals surface area contributed by atoms with E-state index < -0.39 is 0 Å². The molecule has 0 amide bonds. The zero-order chi connectivity index (χ0) is 22.1. The highest BCUT2D eigenvalue weighted by molar-refractivity contribution is 5.94. The van der Waals surface area contributed by atoms with Gasteiger partial charge in [0.1, 0.15) is 37.8 Å². The molecule has 1 heterocycles. The van der Waals surface area contributed by atoms with Gasteiger partial charge in [-0.25, -0.2) is 0 Å². The number of nitrogens with zero attached hydrogens (tertiary/aromatic N) is 3. The normalized spacial score (nSPS) is 12.5. The summed E-state index contributed by atoms with van der Waals surface area (Å²) in [6, 6.07) is 11.4. The van der Waals surface area contributed by atoms with Crippen LogP contribution in [0.25, 0.3) is 21.8 Å². The molecule has 0 fully saturated rings. The molecular formula is C24H35N3O3+2. The first-order valence-corrected chi connectivity index (χ1v) is 10.4. The average Bonchev–Trinajstić information content (AvgIpc) is 2.64. The van der Waals surface area contributed by atoms with E-state index >= 15 is 0 Å². The predicted octanol–water partition coefficient (Wildman–Crippen LogP) is 2.86. The van der Waals surface area contributed by atoms with E-state index in [2.05, 4.69) is 42.3 Å². The Kier molecular flexibility index (Phi) is 6.11. The van der Waals surface area contributed by atoms with Crippen LogP contribution < -0.4 is 14.9 Å². The number of aromatic nitrogens is 1. The van der Waals surface area contributed by atoms with Gasteiger partial charge in [-0.05, 0) is 24.3 Å². The second-order valence-corrected chi connectivity index (χ2v) is 9.97. The first kappa shape index (κ1) is 22.1. The summed E-state index contributed by atoms with van der Waals surface area (Å²) in [6.07, 6.45) is 0. The van der Waals surface area contributed by atoms with Crippen molar-refractivity contribution in [3.8, 4) is 11.5 Å². The van der Waals surface area contributed by atoms with E-state index in [-0.39, 0.29) is 5.43 Å². The molecule has 6 heteroatoms. The SMILES string of the molecule is Cn1c2cc(OCC[N+](C)(C)C)ccc2c(=O)c2ccc(OCC[N+](C)(C)C)cc21. The number of ether oxygens (including phenoxy) is 2. The van der Waals surface area contributed by atoms with Gasteiger partial charge in [0, 0.05) is 30.0 Å². The van der Waals surface area contributed by atoms with Crippen molar-refractivity contribution in [3.05, 3.63) is 46.6 Å². The van der Waals surface area contributed by atoms with E-state index in [1.807, 2.05) is 48.0 Å². The van der Waals surface area contributed by atoms with Crippen LogP contribution in [0.1, 0.15) is 0 Å². The smallest absolute Gasteiger partial charge is 0.197 e. The molecule has 0 bridgehead atoms. The summed E-state index contributed by atoms with van der Waals surface area (Å²) in [7, 11) is 14.8. The van der Waals surface area contributed by atoms with Crippen LogP contribution in [0.2, 0.25) is 0 Å². The Bertz CT molecular complexity index is 1020. The number of hydrogen-bond acceptors (Lipinski definition) is 3. The van der Waals surface area contributed by atoms with Gasteiger partial charge in [-0.1, -0.05) is 0 Å². The molecule has 0 atom stereocenters. The lowest BCUT2D eigenvalue weighted by atomic mass is 10.1. The maximum Gasteiger partial charge on any atom is 0.197 e. The van der Waals surface area contributed by atoms with Crippen molar-refractivity contribution in [1.82, 2.24) is 4.57 Å². The molecule has 0 radical (unpaired) electrons. The van der Waals surface area contributed by atoms with Gasteiger partial charge in [0.2, 0.25) is 0 Å². The molecule has 0 N–H and O–H groups in total. The third kappa shape index (κ3) is 5.32. The lowest BCUT2D eigenvalue weighted by Gasteiger charge is -2.23. The monoisotopic (exact) mass is 413 g/mol. The highest BCUT2D eigenvalue weighted by atomic mass is 16.5. The minimum atomic E-state index is 0.0360. The summed E-state index contributed by atoms with van der Waals surface area (Å²) in [5.41, 5.74) is 1.76. The van der Waals surface area contributed by atoms with E-state index in [0.717, 1.165) is 44.6 Å². The van der Waals surface area contributed by atoms with Crippen LogP contribution in [0.15, 0.2) is 41.2 Å². The van der Waals surface area contributed by atoms with E-state index in [0.29, 0.717) is 24.0 Å². The van der Waals surface area contributed by atoms with E-state index in [1.54, 1.807) is 0 Å². The number of pyridine rings is 1. The fourth-order valence-corrected chi connectivity index (χ4v) is 3.29. The number of quaternary nitrogens is 2. The van der Waals surface area contributed by atoms with Crippen LogP contribution in [-0.4, -0.2) is 82.1 Å². The van der Waals surface area contributed by atoms with Gasteiger partial charge in [0.25, 0.3) is 0 Å². The van der Waals surface area contributed by atoms with E-state index in [1.165, 1.54) is 0 Å². The average molecular weight is 414 g/mol. The van der Waals surface area contributed by atoms with Crippen LogP contribution >= 0.6 is 0 Å². The second kappa shape index (κ2) is 8.28. The molecule has 3 rings (SSSR count). The number of benzene rings is 2. The zero-order valence-corrected chi connectivity index (χ0v) is 19.4. The van der Waals surface area contributed by atoms with Crippen molar-refractivity contribution < 1.29 is 18.4 Å². The Morgan fingerprint density at radius 3 is 1.50 bits per heavy atom. The summed E-state index contributed by atoms with van der Waals surface area (Å²) >= 11 is 0. The van der Waals surface area contributed by atoms with Gasteiger partial charge >= 0.3 is 0 Å². The van der Waals surface area contributed by atoms with Crippen LogP contribution in [-0.2, 0) is 7.05 Å². The Labute approximate surface area is 179 Å². The zero-order valence-electron chi connectivity index (χ0n) is 19.4. The maximum atomic E-state index is 13.1. The van der Waals surface area contributed by atoms with Crippen LogP contribution in [0.3, 0.4) is 0 Å². The number of likely N-dealkylation sites (N-methyl/N-ethyl adjacent to an activating group) is 2. The summed E-state index contributed by atoms with van der Waals surface area (Å²) in [5.74, 6) is 1.56. The van der Waals surface area contributed by atoms with Crippen molar-refractivity contribution >= 4 is 21.8 Å². The highest BCUT2D eigenvalue weighted by Gasteiger charge is 2.13. The fraction of sp³-hybridized carbons (Fsp3) is 0.458. The number of fused-ring (bicyclic) bond motifs is 2. The molecule has 1 aromatic heterocycles. The predicted molar refractivity (Wildman–Crippen MR) is 123 cm³/mol. The molecule has 3 aromatic rings. The maximum absolute atomic E-state index is 13.1. The minimum Gasteiger partial charge on any atom is -0.488 e. The second-order valence-electron chi connectivity index (χ2n) is 9.97. The minimum absolute atomic E-state index is 0.0360. The van der Waals surface area contributed by atoms with Gasteiger partial charge in [-0.15, -0.1) is 0 Å². The Morgan fingerprint density at radius 2 is 1.13 bits per heavy atom. The summed E-state index contributed by atoms with van der Waals surface area (Å²) in [6.45, 7) is 3.06. The first-order chi connectivity index (χ1) is 13.9. The molecule has 30 heavy (non-hydrogen) atoms. The van der Waals surface area contributed by atoms with Crippen molar-refractivity contribution in [1.29, 1.82) is 0 Å². The van der Waals surface area contributed by atoms with Crippen LogP contribution in [0, 0.1) is 0 Å². The van der Waals surface area contributed by atoms with Gasteiger partial charge in [0.05, 0.1) is 53.3 Å². The van der Waals surface area contributed by atoms with E-state index in [4.69, 9.17) is 9.47 Å². The lowest BCUT2D eigenvalue weighted by molar-refractivity contribution is -0.870. The van der Waals surface area contributed by atoms with Gasteiger partial charge in [-0.2, -0.15) is 0 Å². The lowest BCUT2D eigenvalue weighted by Crippen LogP contribution is -2.38. The fourth-order valence-electron chi connectivity index (χ4n) is 3.29. The third-order valence-electron chi connectivity index (χ3n) is 5.21. The van der Waals surface area contributed by atoms with Crippen LogP contribution in [0.4, 0.5) is 0 Å². The molecule has 0 aliphatic rings. The first-order valence-electron chi connectivity index (χ1n) is 10.4. The number of hydrogen-bond donors (Lipinski definition) is 0. The molecule has 0 saturated carbocycles. The topological polar surface area (TPSA) is 40.5 Å². The molecule has 0 spiro atoms. The largest absolute Gasteiger partial charge is 0.488 e. The molecule has 0 aliphatic heterocycles. The van der Waals surface area contributed by atoms with Crippen molar-refractivity contribution in [3.63, 3.8) is 0 Å². The molecule has 0 saturated heterocycles. The molecule has 162 valence electrons. The highest BCUT2D eigenvalue weighted by Crippen LogP contribution is 2.25. The number of aryl methyl sites for hydroxylation is 1. The third-order valence-corrected chi connectivity index (χ3v) is 5.21. The standard InChI is InChI=1S/C24H35N3O3/c1-25-22-16-18(29-14-12-26(2,3)4)8-10-20(22)24(28)21-11-9-19(17-23(21)25)30-15-13-27(5,6)7/h8-11,16-17H,12-15H2,1-7H3/q+2.